The van der Waals surface area contributed by atoms with Crippen molar-refractivity contribution in [2.45, 2.75) is 6.18 Å². The van der Waals surface area contributed by atoms with E-state index in [0.717, 1.165) is 10.9 Å². The number of alkyl halides is 3. The average molecular weight is 360 g/mol. The lowest BCUT2D eigenvalue weighted by Crippen LogP contribution is -2.11. The van der Waals surface area contributed by atoms with Crippen LogP contribution in [-0.2, 0) is 6.18 Å². The molecule has 0 radical (unpaired) electrons. The molecule has 0 aliphatic heterocycles. The van der Waals surface area contributed by atoms with Crippen molar-refractivity contribution in [3.05, 3.63) is 65.7 Å². The molecule has 0 saturated heterocycles. The number of nitrogens with zero attached hydrogens (tertiary/aromatic N) is 3. The molecule has 3 nitrogen and oxygen atoms in total. The molecular formula is C18H9ClF3N3. The van der Waals surface area contributed by atoms with Gasteiger partial charge in [0.15, 0.2) is 0 Å². The fourth-order valence-corrected chi connectivity index (χ4v) is 2.93. The fourth-order valence-electron chi connectivity index (χ4n) is 2.69. The number of pyridine rings is 1. The van der Waals surface area contributed by atoms with Crippen molar-refractivity contribution in [1.82, 2.24) is 15.0 Å². The fraction of sp³-hybridized carbons (Fsp3) is 0.0556. The molecule has 0 saturated carbocycles. The Balaban J connectivity index is 2.01. The van der Waals surface area contributed by atoms with Crippen molar-refractivity contribution in [3.63, 3.8) is 0 Å². The number of aromatic nitrogens is 3. The summed E-state index contributed by atoms with van der Waals surface area (Å²) < 4.78 is 39.1. The maximum Gasteiger partial charge on any atom is 0.451 e. The molecule has 4 rings (SSSR count). The zero-order chi connectivity index (χ0) is 17.6. The van der Waals surface area contributed by atoms with Gasteiger partial charge in [-0.15, -0.1) is 0 Å². The SMILES string of the molecule is FC(F)(F)c1nc(Cl)c2cccc(-c3cnc4ccccc4c3)c2n1. The summed E-state index contributed by atoms with van der Waals surface area (Å²) in [6, 6.07) is 14.3. The van der Waals surface area contributed by atoms with Crippen LogP contribution in [0.15, 0.2) is 54.7 Å². The van der Waals surface area contributed by atoms with Crippen molar-refractivity contribution >= 4 is 33.4 Å². The lowest BCUT2D eigenvalue weighted by atomic mass is 10.0. The highest BCUT2D eigenvalue weighted by Crippen LogP contribution is 2.34. The van der Waals surface area contributed by atoms with E-state index in [2.05, 4.69) is 15.0 Å². The molecule has 0 spiro atoms. The van der Waals surface area contributed by atoms with Gasteiger partial charge >= 0.3 is 6.18 Å². The summed E-state index contributed by atoms with van der Waals surface area (Å²) in [6.45, 7) is 0. The van der Waals surface area contributed by atoms with Gasteiger partial charge < -0.3 is 0 Å². The highest BCUT2D eigenvalue weighted by Gasteiger charge is 2.35. The second kappa shape index (κ2) is 5.67. The van der Waals surface area contributed by atoms with Gasteiger partial charge in [0.2, 0.25) is 5.82 Å². The van der Waals surface area contributed by atoms with Crippen LogP contribution in [0.25, 0.3) is 32.9 Å². The zero-order valence-corrected chi connectivity index (χ0v) is 13.3. The Hall–Kier alpha value is -2.73. The topological polar surface area (TPSA) is 38.7 Å². The van der Waals surface area contributed by atoms with E-state index in [9.17, 15) is 13.2 Å². The Morgan fingerprint density at radius 2 is 1.72 bits per heavy atom. The third-order valence-electron chi connectivity index (χ3n) is 3.84. The first-order valence-corrected chi connectivity index (χ1v) is 7.70. The van der Waals surface area contributed by atoms with Crippen molar-refractivity contribution in [2.75, 3.05) is 0 Å². The van der Waals surface area contributed by atoms with Crippen molar-refractivity contribution in [3.8, 4) is 11.1 Å². The minimum Gasteiger partial charge on any atom is -0.256 e. The van der Waals surface area contributed by atoms with Gasteiger partial charge in [-0.3, -0.25) is 4.98 Å². The van der Waals surface area contributed by atoms with Gasteiger partial charge in [-0.1, -0.05) is 41.9 Å². The van der Waals surface area contributed by atoms with Crippen LogP contribution in [0.5, 0.6) is 0 Å². The summed E-state index contributed by atoms with van der Waals surface area (Å²) in [6.07, 6.45) is -3.06. The number of rotatable bonds is 1. The average Bonchev–Trinajstić information content (AvgIpc) is 2.60. The van der Waals surface area contributed by atoms with Gasteiger partial charge in [0.25, 0.3) is 0 Å². The molecule has 0 aliphatic rings. The summed E-state index contributed by atoms with van der Waals surface area (Å²) in [5, 5.41) is 1.02. The first-order chi connectivity index (χ1) is 11.9. The molecule has 0 atom stereocenters. The summed E-state index contributed by atoms with van der Waals surface area (Å²) in [5.41, 5.74) is 2.12. The lowest BCUT2D eigenvalue weighted by molar-refractivity contribution is -0.144. The second-order valence-electron chi connectivity index (χ2n) is 5.45. The van der Waals surface area contributed by atoms with Gasteiger partial charge in [-0.2, -0.15) is 13.2 Å². The van der Waals surface area contributed by atoms with Gasteiger partial charge in [-0.05, 0) is 18.2 Å². The van der Waals surface area contributed by atoms with Crippen LogP contribution in [0.4, 0.5) is 13.2 Å². The second-order valence-corrected chi connectivity index (χ2v) is 5.81. The molecule has 0 bridgehead atoms. The number of hydrogen-bond acceptors (Lipinski definition) is 3. The smallest absolute Gasteiger partial charge is 0.256 e. The summed E-state index contributed by atoms with van der Waals surface area (Å²) >= 11 is 5.96. The number of hydrogen-bond donors (Lipinski definition) is 0. The molecule has 2 heterocycles. The van der Waals surface area contributed by atoms with Gasteiger partial charge in [0.1, 0.15) is 5.15 Å². The molecule has 7 heteroatoms. The van der Waals surface area contributed by atoms with Crippen LogP contribution >= 0.6 is 11.6 Å². The maximum absolute atomic E-state index is 13.0. The molecule has 0 fully saturated rings. The molecule has 0 aliphatic carbocycles. The van der Waals surface area contributed by atoms with Crippen LogP contribution in [-0.4, -0.2) is 15.0 Å². The minimum absolute atomic E-state index is 0.145. The van der Waals surface area contributed by atoms with Crippen LogP contribution in [0.1, 0.15) is 5.82 Å². The number of halogens is 4. The van der Waals surface area contributed by atoms with E-state index < -0.39 is 12.0 Å². The van der Waals surface area contributed by atoms with E-state index in [1.807, 2.05) is 30.3 Å². The molecular weight excluding hydrogens is 351 g/mol. The van der Waals surface area contributed by atoms with Gasteiger partial charge in [0.05, 0.1) is 11.0 Å². The molecule has 0 N–H and O–H groups in total. The Labute approximate surface area is 145 Å². The van der Waals surface area contributed by atoms with Crippen LogP contribution < -0.4 is 0 Å². The predicted molar refractivity (Wildman–Crippen MR) is 90.3 cm³/mol. The molecule has 2 aromatic heterocycles. The number of para-hydroxylation sites is 2. The van der Waals surface area contributed by atoms with Crippen molar-refractivity contribution < 1.29 is 13.2 Å². The van der Waals surface area contributed by atoms with E-state index >= 15 is 0 Å². The number of benzene rings is 2. The van der Waals surface area contributed by atoms with E-state index in [1.165, 1.54) is 0 Å². The highest BCUT2D eigenvalue weighted by molar-refractivity contribution is 6.34. The molecule has 25 heavy (non-hydrogen) atoms. The van der Waals surface area contributed by atoms with Gasteiger partial charge in [0, 0.05) is 28.1 Å². The Kier molecular flexibility index (Phi) is 3.58. The van der Waals surface area contributed by atoms with Gasteiger partial charge in [-0.25, -0.2) is 9.97 Å². The molecule has 0 unspecified atom stereocenters. The van der Waals surface area contributed by atoms with Crippen molar-refractivity contribution in [1.29, 1.82) is 0 Å². The number of fused-ring (bicyclic) bond motifs is 2. The lowest BCUT2D eigenvalue weighted by Gasteiger charge is -2.11. The Morgan fingerprint density at radius 1 is 0.920 bits per heavy atom. The van der Waals surface area contributed by atoms with Crippen LogP contribution in [0, 0.1) is 0 Å². The maximum atomic E-state index is 13.0. The minimum atomic E-state index is -4.67. The third-order valence-corrected chi connectivity index (χ3v) is 4.12. The Morgan fingerprint density at radius 3 is 2.52 bits per heavy atom. The molecule has 4 aromatic rings. The van der Waals surface area contributed by atoms with Crippen LogP contribution in [0.3, 0.4) is 0 Å². The summed E-state index contributed by atoms with van der Waals surface area (Å²) in [4.78, 5) is 11.4. The first-order valence-electron chi connectivity index (χ1n) is 7.32. The van der Waals surface area contributed by atoms with E-state index in [-0.39, 0.29) is 10.7 Å². The quantitative estimate of drug-likeness (QED) is 0.420. The molecule has 0 amide bonds. The van der Waals surface area contributed by atoms with E-state index in [1.54, 1.807) is 24.4 Å². The predicted octanol–water partition coefficient (Wildman–Crippen LogP) is 5.52. The highest BCUT2D eigenvalue weighted by atomic mass is 35.5. The largest absolute Gasteiger partial charge is 0.451 e. The standard InChI is InChI=1S/C18H9ClF3N3/c19-16-13-6-3-5-12(15(13)24-17(25-16)18(20,21)22)11-8-10-4-1-2-7-14(10)23-9-11/h1-9H. The van der Waals surface area contributed by atoms with E-state index in [0.29, 0.717) is 16.5 Å². The first kappa shape index (κ1) is 15.8. The Bertz CT molecular complexity index is 1110. The molecule has 124 valence electrons. The normalized spacial score (nSPS) is 12.0. The van der Waals surface area contributed by atoms with E-state index in [4.69, 9.17) is 11.6 Å². The summed E-state index contributed by atoms with van der Waals surface area (Å²) in [5.74, 6) is -1.26. The monoisotopic (exact) mass is 359 g/mol. The van der Waals surface area contributed by atoms with Crippen molar-refractivity contribution in [2.24, 2.45) is 0 Å². The third kappa shape index (κ3) is 2.78. The zero-order valence-electron chi connectivity index (χ0n) is 12.5. The summed E-state index contributed by atoms with van der Waals surface area (Å²) in [7, 11) is 0. The molecule has 2 aromatic carbocycles. The van der Waals surface area contributed by atoms with Crippen LogP contribution in [0.2, 0.25) is 5.15 Å².